The van der Waals surface area contributed by atoms with E-state index in [2.05, 4.69) is 5.32 Å². The van der Waals surface area contributed by atoms with Crippen LogP contribution in [0.2, 0.25) is 0 Å². The van der Waals surface area contributed by atoms with E-state index in [0.717, 1.165) is 5.56 Å². The summed E-state index contributed by atoms with van der Waals surface area (Å²) in [6.07, 6.45) is 0. The number of benzene rings is 1. The molecule has 0 aliphatic carbocycles. The van der Waals surface area contributed by atoms with Crippen molar-refractivity contribution in [1.82, 2.24) is 5.32 Å². The minimum absolute atomic E-state index is 0.160. The van der Waals surface area contributed by atoms with Crippen molar-refractivity contribution < 1.29 is 9.90 Å². The van der Waals surface area contributed by atoms with Gasteiger partial charge in [-0.15, -0.1) is 0 Å². The molecule has 0 fully saturated rings. The van der Waals surface area contributed by atoms with Gasteiger partial charge in [-0.3, -0.25) is 4.79 Å². The van der Waals surface area contributed by atoms with Gasteiger partial charge in [0, 0.05) is 0 Å². The van der Waals surface area contributed by atoms with Gasteiger partial charge in [-0.2, -0.15) is 0 Å². The lowest BCUT2D eigenvalue weighted by molar-refractivity contribution is 0.231. The molecule has 0 saturated heterocycles. The molecule has 2 N–H and O–H groups in total. The van der Waals surface area contributed by atoms with Crippen molar-refractivity contribution in [3.05, 3.63) is 35.9 Å². The second-order valence-electron chi connectivity index (χ2n) is 2.65. The molecule has 0 bridgehead atoms. The van der Waals surface area contributed by atoms with Crippen molar-refractivity contribution in [2.45, 2.75) is 6.04 Å². The fourth-order valence-electron chi connectivity index (χ4n) is 1.09. The topological polar surface area (TPSA) is 49.3 Å². The molecule has 0 unspecified atom stereocenters. The van der Waals surface area contributed by atoms with Crippen molar-refractivity contribution in [2.24, 2.45) is 0 Å². The number of carbonyl (C=O) groups is 1. The molecule has 0 spiro atoms. The van der Waals surface area contributed by atoms with Crippen molar-refractivity contribution in [2.75, 3.05) is 6.61 Å². The molecule has 0 heterocycles. The number of nitrogens with one attached hydrogen (secondary N) is 1. The number of aliphatic hydroxyl groups excluding tert-OH is 1. The van der Waals surface area contributed by atoms with Crippen LogP contribution >= 0.6 is 0 Å². The van der Waals surface area contributed by atoms with E-state index in [-0.39, 0.29) is 6.61 Å². The van der Waals surface area contributed by atoms with Gasteiger partial charge in [0.05, 0.1) is 12.6 Å². The molecule has 0 saturated carbocycles. The summed E-state index contributed by atoms with van der Waals surface area (Å²) in [5.41, 5.74) is 0.837. The minimum atomic E-state index is -0.636. The highest BCUT2D eigenvalue weighted by Gasteiger charge is 2.09. The average molecular weight is 175 g/mol. The first-order valence-corrected chi connectivity index (χ1v) is 3.96. The first-order valence-electron chi connectivity index (χ1n) is 3.96. The van der Waals surface area contributed by atoms with Crippen LogP contribution in [-0.2, 0) is 0 Å². The van der Waals surface area contributed by atoms with Crippen LogP contribution in [0.5, 0.6) is 0 Å². The number of aliphatic hydroxyl groups is 1. The van der Waals surface area contributed by atoms with Crippen molar-refractivity contribution >= 4 is 13.7 Å². The van der Waals surface area contributed by atoms with E-state index >= 15 is 0 Å². The van der Waals surface area contributed by atoms with Crippen molar-refractivity contribution in [3.63, 3.8) is 0 Å². The van der Waals surface area contributed by atoms with E-state index in [9.17, 15) is 4.79 Å². The molecule has 13 heavy (non-hydrogen) atoms. The summed E-state index contributed by atoms with van der Waals surface area (Å²) in [6.45, 7) is -0.160. The summed E-state index contributed by atoms with van der Waals surface area (Å²) in [6, 6.07) is 8.75. The average Bonchev–Trinajstić information content (AvgIpc) is 2.15. The molecule has 2 radical (unpaired) electrons. The van der Waals surface area contributed by atoms with Gasteiger partial charge in [-0.1, -0.05) is 30.3 Å². The smallest absolute Gasteiger partial charge is 0.200 e. The van der Waals surface area contributed by atoms with Crippen LogP contribution in [-0.4, -0.2) is 25.4 Å². The Kier molecular flexibility index (Phi) is 3.52. The fourth-order valence-corrected chi connectivity index (χ4v) is 1.09. The number of amides is 1. The van der Waals surface area contributed by atoms with Crippen LogP contribution in [0.25, 0.3) is 0 Å². The molecule has 1 aromatic rings. The van der Waals surface area contributed by atoms with Crippen molar-refractivity contribution in [3.8, 4) is 0 Å². The van der Waals surface area contributed by atoms with Crippen LogP contribution < -0.4 is 5.32 Å². The zero-order valence-corrected chi connectivity index (χ0v) is 7.10. The lowest BCUT2D eigenvalue weighted by Crippen LogP contribution is -2.29. The summed E-state index contributed by atoms with van der Waals surface area (Å²) in [7, 11) is 4.95. The molecule has 1 amide bonds. The highest BCUT2D eigenvalue weighted by atomic mass is 16.3. The van der Waals surface area contributed by atoms with E-state index in [1.165, 1.54) is 0 Å². The number of carbonyl (C=O) groups excluding carboxylic acids is 1. The maximum Gasteiger partial charge on any atom is 0.200 e. The Hall–Kier alpha value is -1.29. The van der Waals surface area contributed by atoms with Gasteiger partial charge in [0.25, 0.3) is 0 Å². The van der Waals surface area contributed by atoms with Crippen LogP contribution in [0.4, 0.5) is 4.79 Å². The molecule has 1 atom stereocenters. The second kappa shape index (κ2) is 4.67. The van der Waals surface area contributed by atoms with Gasteiger partial charge in [-0.25, -0.2) is 0 Å². The van der Waals surface area contributed by atoms with E-state index < -0.39 is 11.8 Å². The lowest BCUT2D eigenvalue weighted by atomic mass is 10.0. The molecular formula is C9H10BNO2. The van der Waals surface area contributed by atoms with Crippen LogP contribution in [0, 0.1) is 0 Å². The summed E-state index contributed by atoms with van der Waals surface area (Å²) in [4.78, 5) is 10.5. The van der Waals surface area contributed by atoms with Gasteiger partial charge in [0.15, 0.2) is 5.81 Å². The van der Waals surface area contributed by atoms with Gasteiger partial charge in [-0.05, 0) is 5.56 Å². The van der Waals surface area contributed by atoms with Crippen molar-refractivity contribution in [1.29, 1.82) is 0 Å². The Morgan fingerprint density at radius 2 is 2.08 bits per heavy atom. The fraction of sp³-hybridized carbons (Fsp3) is 0.222. The molecule has 0 aliphatic rings. The van der Waals surface area contributed by atoms with Gasteiger partial charge >= 0.3 is 0 Å². The molecule has 0 aliphatic heterocycles. The molecule has 1 aromatic carbocycles. The van der Waals surface area contributed by atoms with Gasteiger partial charge < -0.3 is 10.4 Å². The summed E-state index contributed by atoms with van der Waals surface area (Å²) in [5, 5.41) is 11.4. The largest absolute Gasteiger partial charge is 0.394 e. The van der Waals surface area contributed by atoms with Crippen LogP contribution in [0.3, 0.4) is 0 Å². The second-order valence-corrected chi connectivity index (χ2v) is 2.65. The third kappa shape index (κ3) is 2.91. The number of rotatable bonds is 3. The lowest BCUT2D eigenvalue weighted by Gasteiger charge is -2.15. The summed E-state index contributed by atoms with van der Waals surface area (Å²) in [5.74, 6) is -0.636. The third-order valence-corrected chi connectivity index (χ3v) is 1.70. The predicted octanol–water partition coefficient (Wildman–Crippen LogP) is 0.598. The Balaban J connectivity index is 2.73. The van der Waals surface area contributed by atoms with E-state index in [1.807, 2.05) is 30.3 Å². The molecule has 66 valence electrons. The first kappa shape index (κ1) is 9.80. The molecule has 1 rings (SSSR count). The standard InChI is InChI=1S/C9H10BNO2/c10-9(13)11-8(6-12)7-4-2-1-3-5-7/h1-5,8,12H,6H2,(H,11,13)/t8-/m0/s1. The van der Waals surface area contributed by atoms with Gasteiger partial charge in [0.2, 0.25) is 7.85 Å². The maximum absolute atomic E-state index is 10.5. The normalized spacial score (nSPS) is 12.1. The van der Waals surface area contributed by atoms with E-state index in [1.54, 1.807) is 0 Å². The first-order chi connectivity index (χ1) is 6.24. The number of hydrogen-bond acceptors (Lipinski definition) is 2. The zero-order chi connectivity index (χ0) is 9.68. The van der Waals surface area contributed by atoms with Gasteiger partial charge in [0.1, 0.15) is 0 Å². The summed E-state index contributed by atoms with van der Waals surface area (Å²) >= 11 is 0. The molecule has 3 nitrogen and oxygen atoms in total. The number of hydrogen-bond donors (Lipinski definition) is 2. The SMILES string of the molecule is [B]C(=O)N[C@@H](CO)c1ccccc1. The maximum atomic E-state index is 10.5. The van der Waals surface area contributed by atoms with E-state index in [0.29, 0.717) is 0 Å². The highest BCUT2D eigenvalue weighted by Crippen LogP contribution is 2.10. The third-order valence-electron chi connectivity index (χ3n) is 1.70. The zero-order valence-electron chi connectivity index (χ0n) is 7.10. The summed E-state index contributed by atoms with van der Waals surface area (Å²) < 4.78 is 0. The van der Waals surface area contributed by atoms with E-state index in [4.69, 9.17) is 13.0 Å². The minimum Gasteiger partial charge on any atom is -0.394 e. The molecule has 4 heteroatoms. The Morgan fingerprint density at radius 3 is 2.54 bits per heavy atom. The monoisotopic (exact) mass is 175 g/mol. The van der Waals surface area contributed by atoms with Crippen LogP contribution in [0.15, 0.2) is 30.3 Å². The Labute approximate surface area is 78.2 Å². The Morgan fingerprint density at radius 1 is 1.46 bits per heavy atom. The molecule has 0 aromatic heterocycles. The van der Waals surface area contributed by atoms with Crippen LogP contribution in [0.1, 0.15) is 11.6 Å². The highest BCUT2D eigenvalue weighted by molar-refractivity contribution is 6.57. The molecular weight excluding hydrogens is 165 g/mol. The quantitative estimate of drug-likeness (QED) is 0.660. The Bertz CT molecular complexity index is 276. The predicted molar refractivity (Wildman–Crippen MR) is 50.6 cm³/mol.